The number of nitrogens with zero attached hydrogens (tertiary/aromatic N) is 1. The minimum Gasteiger partial charge on any atom is -0.198 e. The Morgan fingerprint density at radius 3 is 2.75 bits per heavy atom. The highest BCUT2D eigenvalue weighted by atomic mass is 32.1. The Kier molecular flexibility index (Phi) is 3.35. The van der Waals surface area contributed by atoms with Gasteiger partial charge < -0.3 is 0 Å². The van der Waals surface area contributed by atoms with Crippen LogP contribution in [-0.4, -0.2) is 0 Å². The molecule has 2 rings (SSSR count). The van der Waals surface area contributed by atoms with Crippen LogP contribution in [0.4, 0.5) is 0 Å². The van der Waals surface area contributed by atoms with Crippen LogP contribution in [0.25, 0.3) is 0 Å². The molecule has 1 aliphatic carbocycles. The molecule has 2 unspecified atom stereocenters. The molecular formula is C14H19NS. The summed E-state index contributed by atoms with van der Waals surface area (Å²) in [5, 5.41) is 9.41. The van der Waals surface area contributed by atoms with E-state index >= 15 is 0 Å². The van der Waals surface area contributed by atoms with Gasteiger partial charge in [-0.15, -0.1) is 11.3 Å². The lowest BCUT2D eigenvalue weighted by Crippen LogP contribution is -2.17. The summed E-state index contributed by atoms with van der Waals surface area (Å²) in [4.78, 5) is 2.83. The molecule has 0 bridgehead atoms. The van der Waals surface area contributed by atoms with Gasteiger partial charge in [0.15, 0.2) is 0 Å². The Bertz CT molecular complexity index is 401. The first-order chi connectivity index (χ1) is 7.67. The Balaban J connectivity index is 2.10. The average Bonchev–Trinajstić information content (AvgIpc) is 2.87. The Morgan fingerprint density at radius 2 is 2.25 bits per heavy atom. The van der Waals surface area contributed by atoms with Gasteiger partial charge in [0.25, 0.3) is 0 Å². The Labute approximate surface area is 102 Å². The predicted molar refractivity (Wildman–Crippen MR) is 68.5 cm³/mol. The van der Waals surface area contributed by atoms with E-state index in [9.17, 15) is 5.26 Å². The first-order valence-corrected chi connectivity index (χ1v) is 6.98. The summed E-state index contributed by atoms with van der Waals surface area (Å²) in [6, 6.07) is 7.02. The van der Waals surface area contributed by atoms with Crippen molar-refractivity contribution in [2.75, 3.05) is 0 Å². The van der Waals surface area contributed by atoms with Crippen LogP contribution in [0.3, 0.4) is 0 Å². The van der Waals surface area contributed by atoms with E-state index in [1.54, 1.807) is 0 Å². The van der Waals surface area contributed by atoms with Crippen LogP contribution < -0.4 is 0 Å². The van der Waals surface area contributed by atoms with E-state index in [-0.39, 0.29) is 5.41 Å². The molecule has 0 N–H and O–H groups in total. The van der Waals surface area contributed by atoms with Crippen molar-refractivity contribution in [2.24, 2.45) is 11.3 Å². The van der Waals surface area contributed by atoms with Gasteiger partial charge in [0, 0.05) is 16.2 Å². The van der Waals surface area contributed by atoms with Crippen LogP contribution in [0, 0.1) is 22.7 Å². The van der Waals surface area contributed by atoms with Crippen molar-refractivity contribution in [3.63, 3.8) is 0 Å². The van der Waals surface area contributed by atoms with Crippen LogP contribution >= 0.6 is 11.3 Å². The zero-order valence-corrected chi connectivity index (χ0v) is 10.9. The summed E-state index contributed by atoms with van der Waals surface area (Å²) in [5.74, 6) is 0.727. The molecule has 0 amide bonds. The summed E-state index contributed by atoms with van der Waals surface area (Å²) in [6.45, 7) is 4.46. The second-order valence-corrected chi connectivity index (χ2v) is 6.39. The molecule has 0 aromatic carbocycles. The van der Waals surface area contributed by atoms with Gasteiger partial charge in [-0.25, -0.2) is 0 Å². The van der Waals surface area contributed by atoms with Crippen LogP contribution in [0.5, 0.6) is 0 Å². The van der Waals surface area contributed by atoms with Gasteiger partial charge in [0.2, 0.25) is 0 Å². The van der Waals surface area contributed by atoms with Crippen molar-refractivity contribution >= 4 is 11.3 Å². The van der Waals surface area contributed by atoms with E-state index in [0.29, 0.717) is 0 Å². The average molecular weight is 233 g/mol. The highest BCUT2D eigenvalue weighted by Gasteiger charge is 2.37. The molecule has 2 atom stereocenters. The SMILES string of the molecule is CCc1ccc(CC2(C#N)CCC(C)C2)s1. The maximum absolute atomic E-state index is 9.41. The summed E-state index contributed by atoms with van der Waals surface area (Å²) >= 11 is 1.88. The van der Waals surface area contributed by atoms with Crippen LogP contribution in [0.2, 0.25) is 0 Å². The molecule has 1 aromatic rings. The second-order valence-electron chi connectivity index (χ2n) is 5.14. The predicted octanol–water partition coefficient (Wildman–Crippen LogP) is 4.18. The fourth-order valence-corrected chi connectivity index (χ4v) is 3.84. The number of hydrogen-bond acceptors (Lipinski definition) is 2. The third-order valence-corrected chi connectivity index (χ3v) is 4.90. The Hall–Kier alpha value is -0.810. The molecule has 16 heavy (non-hydrogen) atoms. The van der Waals surface area contributed by atoms with Crippen LogP contribution in [0.15, 0.2) is 12.1 Å². The van der Waals surface area contributed by atoms with E-state index in [0.717, 1.165) is 31.6 Å². The fourth-order valence-electron chi connectivity index (χ4n) is 2.74. The summed E-state index contributed by atoms with van der Waals surface area (Å²) in [7, 11) is 0. The minimum atomic E-state index is -0.0602. The smallest absolute Gasteiger partial charge is 0.0693 e. The van der Waals surface area contributed by atoms with Crippen molar-refractivity contribution in [1.82, 2.24) is 0 Å². The third kappa shape index (κ3) is 2.30. The van der Waals surface area contributed by atoms with Gasteiger partial charge in [0.1, 0.15) is 0 Å². The normalized spacial score (nSPS) is 29.2. The van der Waals surface area contributed by atoms with Crippen molar-refractivity contribution in [3.8, 4) is 6.07 Å². The highest BCUT2D eigenvalue weighted by molar-refractivity contribution is 7.11. The molecule has 0 saturated heterocycles. The number of rotatable bonds is 3. The summed E-state index contributed by atoms with van der Waals surface area (Å²) < 4.78 is 0. The third-order valence-electron chi connectivity index (χ3n) is 3.67. The fraction of sp³-hybridized carbons (Fsp3) is 0.643. The summed E-state index contributed by atoms with van der Waals surface area (Å²) in [5.41, 5.74) is -0.0602. The van der Waals surface area contributed by atoms with Crippen molar-refractivity contribution in [1.29, 1.82) is 5.26 Å². The summed E-state index contributed by atoms with van der Waals surface area (Å²) in [6.07, 6.45) is 5.48. The topological polar surface area (TPSA) is 23.8 Å². The lowest BCUT2D eigenvalue weighted by molar-refractivity contribution is 0.394. The van der Waals surface area contributed by atoms with Gasteiger partial charge in [0.05, 0.1) is 11.5 Å². The Morgan fingerprint density at radius 1 is 1.50 bits per heavy atom. The van der Waals surface area contributed by atoms with Crippen molar-refractivity contribution in [3.05, 3.63) is 21.9 Å². The van der Waals surface area contributed by atoms with Gasteiger partial charge in [-0.2, -0.15) is 5.26 Å². The molecule has 1 fully saturated rings. The molecule has 1 nitrogen and oxygen atoms in total. The molecule has 0 spiro atoms. The molecule has 2 heteroatoms. The lowest BCUT2D eigenvalue weighted by atomic mass is 9.83. The quantitative estimate of drug-likeness (QED) is 0.768. The van der Waals surface area contributed by atoms with Crippen molar-refractivity contribution < 1.29 is 0 Å². The standard InChI is InChI=1S/C14H19NS/c1-3-12-4-5-13(16-12)9-14(10-15)7-6-11(2)8-14/h4-5,11H,3,6-9H2,1-2H3. The minimum absolute atomic E-state index is 0.0602. The first-order valence-electron chi connectivity index (χ1n) is 6.16. The van der Waals surface area contributed by atoms with E-state index in [1.807, 2.05) is 11.3 Å². The molecule has 1 saturated carbocycles. The van der Waals surface area contributed by atoms with Gasteiger partial charge >= 0.3 is 0 Å². The van der Waals surface area contributed by atoms with Gasteiger partial charge in [-0.3, -0.25) is 0 Å². The molecule has 1 heterocycles. The first kappa shape index (κ1) is 11.7. The van der Waals surface area contributed by atoms with Crippen LogP contribution in [-0.2, 0) is 12.8 Å². The molecule has 86 valence electrons. The zero-order chi connectivity index (χ0) is 11.6. The monoisotopic (exact) mass is 233 g/mol. The number of hydrogen-bond donors (Lipinski definition) is 0. The zero-order valence-electron chi connectivity index (χ0n) is 10.1. The number of nitriles is 1. The van der Waals surface area contributed by atoms with Gasteiger partial charge in [-0.1, -0.05) is 13.8 Å². The van der Waals surface area contributed by atoms with Crippen molar-refractivity contribution in [2.45, 2.75) is 46.0 Å². The lowest BCUT2D eigenvalue weighted by Gasteiger charge is -2.19. The number of thiophene rings is 1. The molecule has 0 aliphatic heterocycles. The largest absolute Gasteiger partial charge is 0.198 e. The van der Waals surface area contributed by atoms with Crippen LogP contribution in [0.1, 0.15) is 42.9 Å². The number of aryl methyl sites for hydroxylation is 1. The molecule has 0 radical (unpaired) electrons. The van der Waals surface area contributed by atoms with E-state index in [2.05, 4.69) is 32.0 Å². The van der Waals surface area contributed by atoms with E-state index in [4.69, 9.17) is 0 Å². The second kappa shape index (κ2) is 4.59. The highest BCUT2D eigenvalue weighted by Crippen LogP contribution is 2.44. The van der Waals surface area contributed by atoms with E-state index in [1.165, 1.54) is 16.2 Å². The maximum Gasteiger partial charge on any atom is 0.0693 e. The van der Waals surface area contributed by atoms with E-state index < -0.39 is 0 Å². The molecular weight excluding hydrogens is 214 g/mol. The molecule has 1 aliphatic rings. The van der Waals surface area contributed by atoms with Gasteiger partial charge in [-0.05, 0) is 43.7 Å². The maximum atomic E-state index is 9.41. The molecule has 1 aromatic heterocycles.